The molecule has 0 fully saturated rings. The predicted molar refractivity (Wildman–Crippen MR) is 389 cm³/mol. The van der Waals surface area contributed by atoms with Crippen LogP contribution >= 0.6 is 11.8 Å². The van der Waals surface area contributed by atoms with Crippen LogP contribution in [0.2, 0.25) is 0 Å². The number of anilines is 1. The Bertz CT molecular complexity index is 5880. The average molecular weight is 1200 g/mol. The molecule has 14 aromatic carbocycles. The van der Waals surface area contributed by atoms with Gasteiger partial charge in [0.05, 0.1) is 49.7 Å². The van der Waals surface area contributed by atoms with Gasteiger partial charge in [-0.3, -0.25) is 0 Å². The summed E-state index contributed by atoms with van der Waals surface area (Å²) >= 11 is 1.77. The van der Waals surface area contributed by atoms with Gasteiger partial charge in [0.1, 0.15) is 11.4 Å². The normalized spacial score (nSPS) is 13.1. The van der Waals surface area contributed by atoms with E-state index in [1.54, 1.807) is 11.8 Å². The molecule has 434 valence electrons. The van der Waals surface area contributed by atoms with Crippen LogP contribution in [-0.4, -0.2) is 18.3 Å². The average Bonchev–Trinajstić information content (AvgIpc) is 1.64. The van der Waals surface area contributed by atoms with Gasteiger partial charge in [0.25, 0.3) is 0 Å². The first kappa shape index (κ1) is 52.8. The zero-order chi connectivity index (χ0) is 61.3. The van der Waals surface area contributed by atoms with E-state index >= 15 is 0 Å². The van der Waals surface area contributed by atoms with E-state index in [2.05, 4.69) is 345 Å². The van der Waals surface area contributed by atoms with Crippen molar-refractivity contribution in [3.05, 3.63) is 327 Å². The van der Waals surface area contributed by atoms with Crippen molar-refractivity contribution in [3.63, 3.8) is 0 Å². The fourth-order valence-corrected chi connectivity index (χ4v) is 16.5. The van der Waals surface area contributed by atoms with E-state index < -0.39 is 0 Å². The van der Waals surface area contributed by atoms with Crippen molar-refractivity contribution in [3.8, 4) is 73.3 Å². The van der Waals surface area contributed by atoms with Gasteiger partial charge >= 0.3 is 0 Å². The lowest BCUT2D eigenvalue weighted by molar-refractivity contribution is 1.12. The van der Waals surface area contributed by atoms with Crippen molar-refractivity contribution in [1.29, 1.82) is 5.26 Å². The molecule has 0 radical (unpaired) electrons. The number of benzene rings is 14. The van der Waals surface area contributed by atoms with Crippen LogP contribution in [0.3, 0.4) is 0 Å². The maximum atomic E-state index is 12.5. The molecule has 1 atom stereocenters. The number of thioether (sulfide) groups is 1. The lowest BCUT2D eigenvalue weighted by Gasteiger charge is -2.28. The molecule has 1 unspecified atom stereocenters. The van der Waals surface area contributed by atoms with Gasteiger partial charge in [0, 0.05) is 87.5 Å². The Morgan fingerprint density at radius 2 is 0.516 bits per heavy atom. The molecule has 0 amide bonds. The number of para-hydroxylation sites is 9. The van der Waals surface area contributed by atoms with E-state index in [9.17, 15) is 5.26 Å². The third-order valence-corrected chi connectivity index (χ3v) is 20.5. The fourth-order valence-electron chi connectivity index (χ4n) is 15.3. The molecule has 1 N–H and O–H groups in total. The van der Waals surface area contributed by atoms with Crippen LogP contribution in [0.25, 0.3) is 154 Å². The van der Waals surface area contributed by atoms with E-state index in [0.717, 1.165) is 128 Å². The largest absolute Gasteiger partial charge is 0.368 e. The molecule has 0 aliphatic carbocycles. The summed E-state index contributed by atoms with van der Waals surface area (Å²) in [4.78, 5) is 1.14. The second-order valence-corrected chi connectivity index (χ2v) is 25.4. The molecule has 0 spiro atoms. The maximum absolute atomic E-state index is 12.5. The Balaban J connectivity index is 0.912. The summed E-state index contributed by atoms with van der Waals surface area (Å²) < 4.78 is 9.52. The molecule has 5 heterocycles. The number of hydrogen-bond acceptors (Lipinski definition) is 3. The van der Waals surface area contributed by atoms with Gasteiger partial charge in [-0.15, -0.1) is 0 Å². The number of nitriles is 1. The Hall–Kier alpha value is -12.1. The summed E-state index contributed by atoms with van der Waals surface area (Å²) in [5, 5.41) is 25.9. The Morgan fingerprint density at radius 3 is 0.806 bits per heavy atom. The Morgan fingerprint density at radius 1 is 0.269 bits per heavy atom. The Labute approximate surface area is 540 Å². The van der Waals surface area contributed by atoms with E-state index in [4.69, 9.17) is 0 Å². The lowest BCUT2D eigenvalue weighted by Crippen LogP contribution is -2.11. The standard InChI is InChI=1S/C86H54N6S/c87-53-70-81(54-37-45-58(46-38-54)89-72-28-10-1-19-62(72)63-20-2-11-29-73(63)89)82(55-39-47-59(48-40-55)90-74-30-12-3-21-64(74)65-22-4-13-31-75(65)90)83(56-41-49-60(50-42-56)91-76-32-14-5-23-66(76)67-24-6-15-33-77(67)91)84(85(70)86-88-71-27-9-18-36-80(71)93-86)57-43-51-61(52-44-57)92-78-34-16-7-25-68(78)69-26-8-17-35-79(69)92/h1-52,86,88H. The van der Waals surface area contributed by atoms with Gasteiger partial charge < -0.3 is 23.6 Å². The molecule has 4 aromatic heterocycles. The molecule has 6 nitrogen and oxygen atoms in total. The molecule has 7 heteroatoms. The molecule has 19 rings (SSSR count). The zero-order valence-electron chi connectivity index (χ0n) is 50.2. The highest BCUT2D eigenvalue weighted by Gasteiger charge is 2.35. The summed E-state index contributed by atoms with van der Waals surface area (Å²) in [6.07, 6.45) is 0. The summed E-state index contributed by atoms with van der Waals surface area (Å²) in [5.74, 6) is 0. The smallest absolute Gasteiger partial charge is 0.105 e. The van der Waals surface area contributed by atoms with Gasteiger partial charge in [-0.1, -0.05) is 218 Å². The molecule has 93 heavy (non-hydrogen) atoms. The predicted octanol–water partition coefficient (Wildman–Crippen LogP) is 22.8. The molecule has 0 saturated carbocycles. The van der Waals surface area contributed by atoms with Gasteiger partial charge in [-0.2, -0.15) is 5.26 Å². The van der Waals surface area contributed by atoms with E-state index in [1.165, 1.54) is 43.1 Å². The first-order chi connectivity index (χ1) is 46.1. The van der Waals surface area contributed by atoms with Crippen LogP contribution in [0, 0.1) is 11.3 Å². The molecule has 18 aromatic rings. The summed E-state index contributed by atoms with van der Waals surface area (Å²) in [7, 11) is 0. The van der Waals surface area contributed by atoms with Crippen LogP contribution in [0.5, 0.6) is 0 Å². The topological polar surface area (TPSA) is 55.5 Å². The number of hydrogen-bond donors (Lipinski definition) is 1. The highest BCUT2D eigenvalue weighted by molar-refractivity contribution is 8.00. The van der Waals surface area contributed by atoms with Crippen LogP contribution in [-0.2, 0) is 0 Å². The minimum atomic E-state index is -0.345. The van der Waals surface area contributed by atoms with E-state index in [-0.39, 0.29) is 5.37 Å². The lowest BCUT2D eigenvalue weighted by atomic mass is 9.77. The highest BCUT2D eigenvalue weighted by atomic mass is 32.2. The highest BCUT2D eigenvalue weighted by Crippen LogP contribution is 2.57. The monoisotopic (exact) mass is 1200 g/mol. The number of nitrogens with zero attached hydrogens (tertiary/aromatic N) is 5. The summed E-state index contributed by atoms with van der Waals surface area (Å²) in [6, 6.07) is 117. The van der Waals surface area contributed by atoms with Crippen molar-refractivity contribution >= 4 is 105 Å². The third kappa shape index (κ3) is 8.09. The van der Waals surface area contributed by atoms with Crippen LogP contribution in [0.4, 0.5) is 5.69 Å². The molecular weight excluding hydrogens is 1150 g/mol. The second kappa shape index (κ2) is 21.0. The maximum Gasteiger partial charge on any atom is 0.105 e. The third-order valence-electron chi connectivity index (χ3n) is 19.3. The van der Waals surface area contributed by atoms with Crippen LogP contribution < -0.4 is 5.32 Å². The first-order valence-corrected chi connectivity index (χ1v) is 32.5. The van der Waals surface area contributed by atoms with Gasteiger partial charge in [-0.25, -0.2) is 0 Å². The SMILES string of the molecule is N#Cc1c(-c2ccc(-n3c4ccccc4c4ccccc43)cc2)c(-c2ccc(-n3c4ccccc4c4ccccc43)cc2)c(-c2ccc(-n3c4ccccc4c4ccccc43)cc2)c(-c2ccc(-n3c4ccccc4c4ccccc43)cc2)c1C1Nc2ccccc2S1. The van der Waals surface area contributed by atoms with Crippen LogP contribution in [0.1, 0.15) is 16.5 Å². The molecule has 0 saturated heterocycles. The van der Waals surface area contributed by atoms with E-state index in [1.807, 2.05) is 0 Å². The van der Waals surface area contributed by atoms with Gasteiger partial charge in [-0.05, 0) is 148 Å². The second-order valence-electron chi connectivity index (χ2n) is 24.2. The van der Waals surface area contributed by atoms with Crippen molar-refractivity contribution in [1.82, 2.24) is 18.3 Å². The number of rotatable bonds is 9. The van der Waals surface area contributed by atoms with Crippen molar-refractivity contribution < 1.29 is 0 Å². The molecule has 1 aliphatic heterocycles. The zero-order valence-corrected chi connectivity index (χ0v) is 51.1. The van der Waals surface area contributed by atoms with E-state index in [0.29, 0.717) is 5.56 Å². The Kier molecular flexibility index (Phi) is 11.9. The van der Waals surface area contributed by atoms with Gasteiger partial charge in [0.2, 0.25) is 0 Å². The first-order valence-electron chi connectivity index (χ1n) is 31.7. The molecule has 0 bridgehead atoms. The number of fused-ring (bicyclic) bond motifs is 13. The van der Waals surface area contributed by atoms with Crippen molar-refractivity contribution in [2.75, 3.05) is 5.32 Å². The molecular formula is C86H54N6S. The summed E-state index contributed by atoms with van der Waals surface area (Å²) in [6.45, 7) is 0. The fraction of sp³-hybridized carbons (Fsp3) is 0.0116. The van der Waals surface area contributed by atoms with Crippen molar-refractivity contribution in [2.24, 2.45) is 0 Å². The van der Waals surface area contributed by atoms with Crippen LogP contribution in [0.15, 0.2) is 320 Å². The quantitative estimate of drug-likeness (QED) is 0.157. The van der Waals surface area contributed by atoms with Gasteiger partial charge in [0.15, 0.2) is 0 Å². The molecule has 1 aliphatic rings. The number of nitrogens with one attached hydrogen (secondary N) is 1. The summed E-state index contributed by atoms with van der Waals surface area (Å²) in [5.41, 5.74) is 23.8. The number of aromatic nitrogens is 4. The minimum Gasteiger partial charge on any atom is -0.368 e. The minimum absolute atomic E-state index is 0.345. The van der Waals surface area contributed by atoms with Crippen molar-refractivity contribution in [2.45, 2.75) is 10.3 Å².